The van der Waals surface area contributed by atoms with Crippen LogP contribution in [0, 0.1) is 10.1 Å². The van der Waals surface area contributed by atoms with Gasteiger partial charge in [0.05, 0.1) is 10.7 Å². The molecule has 1 aromatic heterocycles. The van der Waals surface area contributed by atoms with E-state index in [-0.39, 0.29) is 23.3 Å². The van der Waals surface area contributed by atoms with Gasteiger partial charge in [-0.05, 0) is 18.2 Å². The van der Waals surface area contributed by atoms with Crippen molar-refractivity contribution in [3.05, 3.63) is 70.4 Å². The minimum atomic E-state index is -0.507. The van der Waals surface area contributed by atoms with Crippen molar-refractivity contribution in [1.82, 2.24) is 9.88 Å². The second-order valence-corrected chi connectivity index (χ2v) is 7.04. The summed E-state index contributed by atoms with van der Waals surface area (Å²) in [5, 5.41) is 14.5. The molecular weight excluding hydrogens is 380 g/mol. The monoisotopic (exact) mass is 398 g/mol. The number of rotatable bonds is 8. The molecule has 8 nitrogen and oxygen atoms in total. The van der Waals surface area contributed by atoms with Crippen LogP contribution in [0.15, 0.2) is 59.6 Å². The van der Waals surface area contributed by atoms with Crippen LogP contribution in [0.25, 0.3) is 10.9 Å². The third-order valence-electron chi connectivity index (χ3n) is 4.10. The van der Waals surface area contributed by atoms with Gasteiger partial charge in [0, 0.05) is 52.8 Å². The summed E-state index contributed by atoms with van der Waals surface area (Å²) in [6, 6.07) is 13.3. The molecule has 0 spiro atoms. The normalized spacial score (nSPS) is 10.7. The molecule has 3 rings (SSSR count). The second kappa shape index (κ2) is 8.57. The maximum atomic E-state index is 12.2. The highest BCUT2D eigenvalue weighted by molar-refractivity contribution is 8.00. The summed E-state index contributed by atoms with van der Waals surface area (Å²) in [5.74, 6) is -0.475. The van der Waals surface area contributed by atoms with E-state index in [1.807, 2.05) is 35.0 Å². The van der Waals surface area contributed by atoms with Gasteiger partial charge < -0.3 is 15.6 Å². The van der Waals surface area contributed by atoms with Crippen LogP contribution in [0.2, 0.25) is 0 Å². The number of nitrogens with zero attached hydrogens (tertiary/aromatic N) is 2. The van der Waals surface area contributed by atoms with Crippen LogP contribution in [0.5, 0.6) is 0 Å². The Bertz CT molecular complexity index is 1030. The highest BCUT2D eigenvalue weighted by Gasteiger charge is 2.11. The summed E-state index contributed by atoms with van der Waals surface area (Å²) in [4.78, 5) is 34.4. The number of nitro groups is 1. The van der Waals surface area contributed by atoms with Gasteiger partial charge in [-0.2, -0.15) is 0 Å². The fourth-order valence-corrected chi connectivity index (χ4v) is 3.62. The number of nitro benzene ring substituents is 1. The SMILES string of the molecule is NC(=O)CSc1cn(CCNC(=O)c2ccc([N+](=O)[O-])cc2)c2ccccc12. The van der Waals surface area contributed by atoms with E-state index in [9.17, 15) is 19.7 Å². The largest absolute Gasteiger partial charge is 0.369 e. The third-order valence-corrected chi connectivity index (χ3v) is 5.17. The van der Waals surface area contributed by atoms with Crippen molar-refractivity contribution >= 4 is 40.2 Å². The minimum Gasteiger partial charge on any atom is -0.369 e. The molecule has 3 aromatic rings. The summed E-state index contributed by atoms with van der Waals surface area (Å²) in [5.41, 5.74) is 6.54. The van der Waals surface area contributed by atoms with Crippen LogP contribution in [0.4, 0.5) is 5.69 Å². The Morgan fingerprint density at radius 1 is 1.14 bits per heavy atom. The lowest BCUT2D eigenvalue weighted by Crippen LogP contribution is -2.27. The Morgan fingerprint density at radius 3 is 2.54 bits per heavy atom. The lowest BCUT2D eigenvalue weighted by Gasteiger charge is -2.07. The maximum absolute atomic E-state index is 12.2. The molecule has 0 bridgehead atoms. The number of thioether (sulfide) groups is 1. The zero-order valence-electron chi connectivity index (χ0n) is 14.8. The lowest BCUT2D eigenvalue weighted by atomic mass is 10.2. The first kappa shape index (κ1) is 19.4. The molecule has 28 heavy (non-hydrogen) atoms. The lowest BCUT2D eigenvalue weighted by molar-refractivity contribution is -0.384. The first-order chi connectivity index (χ1) is 13.5. The van der Waals surface area contributed by atoms with Crippen LogP contribution in [-0.2, 0) is 11.3 Å². The quantitative estimate of drug-likeness (QED) is 0.343. The first-order valence-electron chi connectivity index (χ1n) is 8.47. The molecule has 0 atom stereocenters. The molecule has 144 valence electrons. The molecule has 0 saturated heterocycles. The first-order valence-corrected chi connectivity index (χ1v) is 9.46. The summed E-state index contributed by atoms with van der Waals surface area (Å²) in [7, 11) is 0. The number of non-ortho nitro benzene ring substituents is 1. The van der Waals surface area contributed by atoms with Crippen molar-refractivity contribution in [1.29, 1.82) is 0 Å². The zero-order valence-corrected chi connectivity index (χ0v) is 15.6. The van der Waals surface area contributed by atoms with Crippen LogP contribution in [0.1, 0.15) is 10.4 Å². The molecule has 2 aromatic carbocycles. The highest BCUT2D eigenvalue weighted by atomic mass is 32.2. The number of hydrogen-bond acceptors (Lipinski definition) is 5. The molecule has 0 aliphatic carbocycles. The predicted octanol–water partition coefficient (Wildman–Crippen LogP) is 2.56. The smallest absolute Gasteiger partial charge is 0.269 e. The Hall–Kier alpha value is -3.33. The number of benzene rings is 2. The predicted molar refractivity (Wildman–Crippen MR) is 107 cm³/mol. The fourth-order valence-electron chi connectivity index (χ4n) is 2.79. The molecule has 9 heteroatoms. The number of hydrogen-bond donors (Lipinski definition) is 2. The molecule has 0 fully saturated rings. The Labute approximate surface area is 164 Å². The number of nitrogens with one attached hydrogen (secondary N) is 1. The number of primary amides is 1. The summed E-state index contributed by atoms with van der Waals surface area (Å²) in [6.07, 6.45) is 1.94. The maximum Gasteiger partial charge on any atom is 0.269 e. The Morgan fingerprint density at radius 2 is 1.86 bits per heavy atom. The van der Waals surface area contributed by atoms with Crippen molar-refractivity contribution in [2.75, 3.05) is 12.3 Å². The molecule has 3 N–H and O–H groups in total. The van der Waals surface area contributed by atoms with E-state index in [0.717, 1.165) is 15.8 Å². The molecule has 0 aliphatic heterocycles. The minimum absolute atomic E-state index is 0.0589. The van der Waals surface area contributed by atoms with Crippen molar-refractivity contribution in [3.8, 4) is 0 Å². The van der Waals surface area contributed by atoms with Gasteiger partial charge in [0.15, 0.2) is 0 Å². The third kappa shape index (κ3) is 4.49. The van der Waals surface area contributed by atoms with Gasteiger partial charge in [0.25, 0.3) is 11.6 Å². The van der Waals surface area contributed by atoms with E-state index in [1.54, 1.807) is 0 Å². The Kier molecular flexibility index (Phi) is 5.95. The van der Waals surface area contributed by atoms with Gasteiger partial charge in [-0.1, -0.05) is 18.2 Å². The van der Waals surface area contributed by atoms with E-state index in [4.69, 9.17) is 5.73 Å². The van der Waals surface area contributed by atoms with E-state index in [2.05, 4.69) is 5.32 Å². The molecule has 2 amide bonds. The van der Waals surface area contributed by atoms with Crippen LogP contribution >= 0.6 is 11.8 Å². The molecule has 0 radical (unpaired) electrons. The van der Waals surface area contributed by atoms with Crippen molar-refractivity contribution in [2.45, 2.75) is 11.4 Å². The Balaban J connectivity index is 1.65. The molecule has 0 unspecified atom stereocenters. The molecule has 0 saturated carbocycles. The molecule has 1 heterocycles. The van der Waals surface area contributed by atoms with Crippen molar-refractivity contribution in [3.63, 3.8) is 0 Å². The van der Waals surface area contributed by atoms with Crippen LogP contribution in [-0.4, -0.2) is 33.6 Å². The van der Waals surface area contributed by atoms with Gasteiger partial charge in [-0.15, -0.1) is 11.8 Å². The topological polar surface area (TPSA) is 120 Å². The fraction of sp³-hybridized carbons (Fsp3) is 0.158. The molecular formula is C19H18N4O4S. The van der Waals surface area contributed by atoms with E-state index < -0.39 is 4.92 Å². The zero-order chi connectivity index (χ0) is 20.1. The number of para-hydroxylation sites is 1. The van der Waals surface area contributed by atoms with Gasteiger partial charge in [0.2, 0.25) is 5.91 Å². The number of aromatic nitrogens is 1. The van der Waals surface area contributed by atoms with Gasteiger partial charge in [0.1, 0.15) is 0 Å². The van der Waals surface area contributed by atoms with Crippen LogP contribution in [0.3, 0.4) is 0 Å². The van der Waals surface area contributed by atoms with Crippen molar-refractivity contribution < 1.29 is 14.5 Å². The van der Waals surface area contributed by atoms with Gasteiger partial charge in [-0.25, -0.2) is 0 Å². The summed E-state index contributed by atoms with van der Waals surface area (Å²) >= 11 is 1.38. The molecule has 0 aliphatic rings. The number of nitrogens with two attached hydrogens (primary N) is 1. The van der Waals surface area contributed by atoms with E-state index in [1.165, 1.54) is 36.0 Å². The van der Waals surface area contributed by atoms with Gasteiger partial charge >= 0.3 is 0 Å². The number of carbonyl (C=O) groups excluding carboxylic acids is 2. The number of fused-ring (bicyclic) bond motifs is 1. The van der Waals surface area contributed by atoms with E-state index in [0.29, 0.717) is 18.7 Å². The van der Waals surface area contributed by atoms with Crippen molar-refractivity contribution in [2.24, 2.45) is 5.73 Å². The standard InChI is InChI=1S/C19H18N4O4S/c20-18(24)12-28-17-11-22(16-4-2-1-3-15(16)17)10-9-21-19(25)13-5-7-14(8-6-13)23(26)27/h1-8,11H,9-10,12H2,(H2,20,24)(H,21,25). The summed E-state index contributed by atoms with van der Waals surface area (Å²) in [6.45, 7) is 0.921. The van der Waals surface area contributed by atoms with Crippen LogP contribution < -0.4 is 11.1 Å². The number of carbonyl (C=O) groups is 2. The van der Waals surface area contributed by atoms with Gasteiger partial charge in [-0.3, -0.25) is 19.7 Å². The van der Waals surface area contributed by atoms with E-state index >= 15 is 0 Å². The average Bonchev–Trinajstić information content (AvgIpc) is 3.04. The summed E-state index contributed by atoms with van der Waals surface area (Å²) < 4.78 is 2.01. The second-order valence-electron chi connectivity index (χ2n) is 6.02. The highest BCUT2D eigenvalue weighted by Crippen LogP contribution is 2.29. The average molecular weight is 398 g/mol. The number of amides is 2.